The Morgan fingerprint density at radius 1 is 1.14 bits per heavy atom. The van der Waals surface area contributed by atoms with Gasteiger partial charge in [-0.1, -0.05) is 37.3 Å². The van der Waals surface area contributed by atoms with Crippen LogP contribution < -0.4 is 10.6 Å². The van der Waals surface area contributed by atoms with Crippen LogP contribution in [0.3, 0.4) is 0 Å². The summed E-state index contributed by atoms with van der Waals surface area (Å²) in [6.07, 6.45) is 4.64. The second-order valence-corrected chi connectivity index (χ2v) is 8.18. The summed E-state index contributed by atoms with van der Waals surface area (Å²) in [5.41, 5.74) is 1.41. The van der Waals surface area contributed by atoms with Crippen molar-refractivity contribution < 1.29 is 4.79 Å². The molecule has 6 heteroatoms. The third kappa shape index (κ3) is 6.20. The van der Waals surface area contributed by atoms with E-state index in [1.165, 1.54) is 24.9 Å². The normalized spacial score (nSPS) is 22.8. The molecule has 0 aliphatic carbocycles. The molecule has 1 aromatic carbocycles. The summed E-state index contributed by atoms with van der Waals surface area (Å²) in [7, 11) is 0. The van der Waals surface area contributed by atoms with Gasteiger partial charge in [-0.2, -0.15) is 0 Å². The van der Waals surface area contributed by atoms with E-state index in [2.05, 4.69) is 69.6 Å². The maximum Gasteiger partial charge on any atom is 0.241 e. The van der Waals surface area contributed by atoms with Crippen LogP contribution in [-0.2, 0) is 11.3 Å². The molecule has 0 saturated carbocycles. The van der Waals surface area contributed by atoms with Gasteiger partial charge in [-0.05, 0) is 50.6 Å². The van der Waals surface area contributed by atoms with Crippen LogP contribution in [0.25, 0.3) is 0 Å². The number of rotatable bonds is 7. The van der Waals surface area contributed by atoms with E-state index in [1.807, 2.05) is 0 Å². The number of carbonyl (C=O) groups is 1. The number of hydrogen-bond acceptors (Lipinski definition) is 3. The molecule has 29 heavy (non-hydrogen) atoms. The average molecular weight is 400 g/mol. The lowest BCUT2D eigenvalue weighted by atomic mass is 9.83. The van der Waals surface area contributed by atoms with E-state index in [-0.39, 0.29) is 12.5 Å². The molecule has 0 aromatic heterocycles. The Morgan fingerprint density at radius 2 is 1.97 bits per heavy atom. The number of guanidine groups is 1. The molecule has 2 unspecified atom stereocenters. The Labute approximate surface area is 175 Å². The number of nitrogens with zero attached hydrogens (tertiary/aromatic N) is 3. The van der Waals surface area contributed by atoms with E-state index in [1.54, 1.807) is 0 Å². The van der Waals surface area contributed by atoms with E-state index in [0.717, 1.165) is 51.5 Å². The number of amides is 1. The Morgan fingerprint density at radius 3 is 2.72 bits per heavy atom. The van der Waals surface area contributed by atoms with Crippen molar-refractivity contribution in [3.63, 3.8) is 0 Å². The van der Waals surface area contributed by atoms with Crippen LogP contribution >= 0.6 is 0 Å². The molecular weight excluding hydrogens is 362 g/mol. The zero-order valence-corrected chi connectivity index (χ0v) is 18.1. The first-order chi connectivity index (χ1) is 14.2. The van der Waals surface area contributed by atoms with Gasteiger partial charge in [-0.3, -0.25) is 9.69 Å². The highest BCUT2D eigenvalue weighted by Gasteiger charge is 2.36. The van der Waals surface area contributed by atoms with Crippen LogP contribution in [0.2, 0.25) is 0 Å². The minimum atomic E-state index is 0.00356. The van der Waals surface area contributed by atoms with Crippen LogP contribution in [0, 0.1) is 5.92 Å². The van der Waals surface area contributed by atoms with Crippen molar-refractivity contribution in [3.05, 3.63) is 35.9 Å². The fraction of sp³-hybridized carbons (Fsp3) is 0.652. The van der Waals surface area contributed by atoms with Crippen LogP contribution in [0.5, 0.6) is 0 Å². The summed E-state index contributed by atoms with van der Waals surface area (Å²) in [4.78, 5) is 21.6. The van der Waals surface area contributed by atoms with Crippen molar-refractivity contribution in [2.45, 2.75) is 52.1 Å². The van der Waals surface area contributed by atoms with Crippen molar-refractivity contribution in [2.24, 2.45) is 10.9 Å². The van der Waals surface area contributed by atoms with Crippen molar-refractivity contribution >= 4 is 11.9 Å². The van der Waals surface area contributed by atoms with E-state index in [4.69, 9.17) is 0 Å². The maximum absolute atomic E-state index is 12.0. The molecule has 2 N–H and O–H groups in total. The summed E-state index contributed by atoms with van der Waals surface area (Å²) in [5, 5.41) is 6.30. The smallest absolute Gasteiger partial charge is 0.241 e. The Hall–Kier alpha value is -2.08. The van der Waals surface area contributed by atoms with Crippen LogP contribution in [0.15, 0.2) is 35.3 Å². The van der Waals surface area contributed by atoms with Crippen LogP contribution in [-0.4, -0.2) is 67.0 Å². The number of hydrogen-bond donors (Lipinski definition) is 2. The number of piperidine rings is 2. The van der Waals surface area contributed by atoms with E-state index >= 15 is 0 Å². The first kappa shape index (κ1) is 21.6. The first-order valence-electron chi connectivity index (χ1n) is 11.3. The third-order valence-electron chi connectivity index (χ3n) is 5.99. The summed E-state index contributed by atoms with van der Waals surface area (Å²) in [5.74, 6) is 1.56. The molecule has 2 heterocycles. The fourth-order valence-corrected chi connectivity index (χ4v) is 4.61. The van der Waals surface area contributed by atoms with Crippen molar-refractivity contribution in [1.82, 2.24) is 20.4 Å². The monoisotopic (exact) mass is 399 g/mol. The Kier molecular flexibility index (Phi) is 8.35. The molecule has 2 atom stereocenters. The highest BCUT2D eigenvalue weighted by Crippen LogP contribution is 2.31. The van der Waals surface area contributed by atoms with Gasteiger partial charge in [0.1, 0.15) is 6.54 Å². The lowest BCUT2D eigenvalue weighted by Gasteiger charge is -2.48. The number of likely N-dealkylation sites (tertiary alicyclic amines) is 2. The Bertz CT molecular complexity index is 662. The van der Waals surface area contributed by atoms with Gasteiger partial charge in [-0.25, -0.2) is 4.99 Å². The SMILES string of the molecule is CCCNC(=O)CN=C(NCC)N1CCC2C(CCCN2Cc2ccccc2)C1. The first-order valence-corrected chi connectivity index (χ1v) is 11.3. The molecule has 0 bridgehead atoms. The predicted octanol–water partition coefficient (Wildman–Crippen LogP) is 2.46. The molecule has 0 radical (unpaired) electrons. The molecule has 2 fully saturated rings. The minimum Gasteiger partial charge on any atom is -0.357 e. The van der Waals surface area contributed by atoms with Gasteiger partial charge in [0.05, 0.1) is 0 Å². The quantitative estimate of drug-likeness (QED) is 0.546. The maximum atomic E-state index is 12.0. The van der Waals surface area contributed by atoms with Gasteiger partial charge in [0, 0.05) is 38.8 Å². The molecule has 1 aromatic rings. The van der Waals surface area contributed by atoms with Gasteiger partial charge in [0.2, 0.25) is 5.91 Å². The molecular formula is C23H37N5O. The van der Waals surface area contributed by atoms with Crippen molar-refractivity contribution in [1.29, 1.82) is 0 Å². The van der Waals surface area contributed by atoms with Gasteiger partial charge in [0.25, 0.3) is 0 Å². The number of carbonyl (C=O) groups excluding carboxylic acids is 1. The molecule has 2 aliphatic heterocycles. The summed E-state index contributed by atoms with van der Waals surface area (Å²) >= 11 is 0. The molecule has 160 valence electrons. The van der Waals surface area contributed by atoms with E-state index in [9.17, 15) is 4.79 Å². The van der Waals surface area contributed by atoms with Gasteiger partial charge in [-0.15, -0.1) is 0 Å². The molecule has 0 spiro atoms. The second kappa shape index (κ2) is 11.2. The summed E-state index contributed by atoms with van der Waals surface area (Å²) in [6, 6.07) is 11.5. The third-order valence-corrected chi connectivity index (χ3v) is 5.99. The topological polar surface area (TPSA) is 60.0 Å². The average Bonchev–Trinajstić information content (AvgIpc) is 2.75. The highest BCUT2D eigenvalue weighted by atomic mass is 16.1. The number of fused-ring (bicyclic) bond motifs is 1. The number of aliphatic imine (C=N–C) groups is 1. The van der Waals surface area contributed by atoms with Crippen molar-refractivity contribution in [3.8, 4) is 0 Å². The standard InChI is InChI=1S/C23H37N5O/c1-3-13-25-22(29)16-26-23(24-4-2)28-15-12-21-20(18-28)11-8-14-27(21)17-19-9-6-5-7-10-19/h5-7,9-10,20-21H,3-4,8,11-18H2,1-2H3,(H,24,26)(H,25,29). The summed E-state index contributed by atoms with van der Waals surface area (Å²) < 4.78 is 0. The van der Waals surface area contributed by atoms with Gasteiger partial charge < -0.3 is 15.5 Å². The fourth-order valence-electron chi connectivity index (χ4n) is 4.61. The van der Waals surface area contributed by atoms with Crippen LogP contribution in [0.1, 0.15) is 45.1 Å². The lowest BCUT2D eigenvalue weighted by Crippen LogP contribution is -2.56. The van der Waals surface area contributed by atoms with E-state index < -0.39 is 0 Å². The molecule has 6 nitrogen and oxygen atoms in total. The molecule has 2 saturated heterocycles. The minimum absolute atomic E-state index is 0.00356. The zero-order valence-electron chi connectivity index (χ0n) is 18.1. The number of nitrogens with one attached hydrogen (secondary N) is 2. The second-order valence-electron chi connectivity index (χ2n) is 8.18. The molecule has 3 rings (SSSR count). The Balaban J connectivity index is 1.60. The zero-order chi connectivity index (χ0) is 20.5. The predicted molar refractivity (Wildman–Crippen MR) is 119 cm³/mol. The van der Waals surface area contributed by atoms with E-state index in [0.29, 0.717) is 12.0 Å². The largest absolute Gasteiger partial charge is 0.357 e. The highest BCUT2D eigenvalue weighted by molar-refractivity contribution is 5.85. The molecule has 1 amide bonds. The lowest BCUT2D eigenvalue weighted by molar-refractivity contribution is -0.119. The number of benzene rings is 1. The summed E-state index contributed by atoms with van der Waals surface area (Å²) in [6.45, 7) is 10.1. The van der Waals surface area contributed by atoms with Crippen molar-refractivity contribution in [2.75, 3.05) is 39.3 Å². The van der Waals surface area contributed by atoms with Gasteiger partial charge in [0.15, 0.2) is 5.96 Å². The van der Waals surface area contributed by atoms with Crippen LogP contribution in [0.4, 0.5) is 0 Å². The van der Waals surface area contributed by atoms with Gasteiger partial charge >= 0.3 is 0 Å². The molecule has 2 aliphatic rings.